The molecule has 7 heteroatoms. The smallest absolute Gasteiger partial charge is 0.187 e. The topological polar surface area (TPSA) is 58.5 Å². The van der Waals surface area contributed by atoms with Gasteiger partial charge in [0.2, 0.25) is 0 Å². The first-order valence-electron chi connectivity index (χ1n) is 6.46. The van der Waals surface area contributed by atoms with E-state index in [1.54, 1.807) is 19.4 Å². The van der Waals surface area contributed by atoms with E-state index in [9.17, 15) is 0 Å². The molecular weight excluding hydrogens is 320 g/mol. The zero-order chi connectivity index (χ0) is 15.9. The Morgan fingerprint density at radius 1 is 1.50 bits per heavy atom. The van der Waals surface area contributed by atoms with Crippen molar-refractivity contribution < 1.29 is 4.74 Å². The van der Waals surface area contributed by atoms with E-state index in [4.69, 9.17) is 28.6 Å². The minimum atomic E-state index is 0.358. The molecule has 0 unspecified atom stereocenters. The van der Waals surface area contributed by atoms with Crippen LogP contribution in [0.2, 0.25) is 5.15 Å². The Kier molecular flexibility index (Phi) is 5.68. The normalized spacial score (nSPS) is 10.6. The summed E-state index contributed by atoms with van der Waals surface area (Å²) in [4.78, 5) is 4.34. The van der Waals surface area contributed by atoms with Crippen LogP contribution in [-0.4, -0.2) is 30.0 Å². The van der Waals surface area contributed by atoms with Crippen LogP contribution >= 0.6 is 23.8 Å². The molecule has 1 heterocycles. The van der Waals surface area contributed by atoms with Crippen molar-refractivity contribution in [1.29, 1.82) is 0 Å². The minimum absolute atomic E-state index is 0.358. The number of hydrogen-bond donors (Lipinski definition) is 2. The number of aromatic nitrogens is 1. The SMILES string of the molecule is C=CCNC(=S)N/N=C\c1cc2ccc(OC)cc2nc1Cl. The molecule has 2 aromatic rings. The third-order valence-corrected chi connectivity index (χ3v) is 3.32. The van der Waals surface area contributed by atoms with Crippen LogP contribution in [0.4, 0.5) is 0 Å². The molecule has 2 rings (SSSR count). The molecule has 0 aliphatic carbocycles. The molecule has 0 atom stereocenters. The van der Waals surface area contributed by atoms with Gasteiger partial charge in [-0.1, -0.05) is 17.7 Å². The summed E-state index contributed by atoms with van der Waals surface area (Å²) >= 11 is 11.2. The van der Waals surface area contributed by atoms with E-state index < -0.39 is 0 Å². The van der Waals surface area contributed by atoms with Crippen LogP contribution in [0, 0.1) is 0 Å². The molecule has 1 aromatic carbocycles. The molecule has 0 saturated heterocycles. The molecule has 0 bridgehead atoms. The van der Waals surface area contributed by atoms with E-state index in [0.29, 0.717) is 22.4 Å². The van der Waals surface area contributed by atoms with Gasteiger partial charge in [-0.25, -0.2) is 4.98 Å². The molecule has 22 heavy (non-hydrogen) atoms. The van der Waals surface area contributed by atoms with Gasteiger partial charge in [-0.2, -0.15) is 5.10 Å². The second-order valence-electron chi connectivity index (χ2n) is 4.30. The van der Waals surface area contributed by atoms with Crippen molar-refractivity contribution >= 4 is 46.0 Å². The van der Waals surface area contributed by atoms with Crippen LogP contribution in [-0.2, 0) is 0 Å². The number of methoxy groups -OCH3 is 1. The summed E-state index contributed by atoms with van der Waals surface area (Å²) in [5, 5.41) is 8.64. The molecule has 0 aliphatic rings. The van der Waals surface area contributed by atoms with Crippen molar-refractivity contribution in [3.8, 4) is 5.75 Å². The van der Waals surface area contributed by atoms with E-state index in [0.717, 1.165) is 16.7 Å². The fraction of sp³-hybridized carbons (Fsp3) is 0.133. The first-order chi connectivity index (χ1) is 10.6. The molecule has 1 aromatic heterocycles. The lowest BCUT2D eigenvalue weighted by Gasteiger charge is -2.05. The second kappa shape index (κ2) is 7.72. The maximum absolute atomic E-state index is 6.16. The van der Waals surface area contributed by atoms with Crippen LogP contribution in [0.5, 0.6) is 5.75 Å². The quantitative estimate of drug-likeness (QED) is 0.289. The summed E-state index contributed by atoms with van der Waals surface area (Å²) in [6.45, 7) is 4.16. The lowest BCUT2D eigenvalue weighted by molar-refractivity contribution is 0.415. The van der Waals surface area contributed by atoms with Crippen molar-refractivity contribution in [2.75, 3.05) is 13.7 Å². The number of hydrazone groups is 1. The van der Waals surface area contributed by atoms with Gasteiger partial charge >= 0.3 is 0 Å². The van der Waals surface area contributed by atoms with Crippen molar-refractivity contribution in [3.05, 3.63) is 47.6 Å². The third kappa shape index (κ3) is 4.16. The Morgan fingerprint density at radius 2 is 2.32 bits per heavy atom. The molecule has 0 saturated carbocycles. The summed E-state index contributed by atoms with van der Waals surface area (Å²) in [6.07, 6.45) is 3.27. The first-order valence-corrected chi connectivity index (χ1v) is 7.24. The number of benzene rings is 1. The second-order valence-corrected chi connectivity index (χ2v) is 5.06. The maximum Gasteiger partial charge on any atom is 0.187 e. The Balaban J connectivity index is 2.16. The van der Waals surface area contributed by atoms with Gasteiger partial charge in [0.1, 0.15) is 10.9 Å². The van der Waals surface area contributed by atoms with Gasteiger partial charge in [-0.15, -0.1) is 6.58 Å². The molecule has 0 aliphatic heterocycles. The lowest BCUT2D eigenvalue weighted by atomic mass is 10.1. The fourth-order valence-electron chi connectivity index (χ4n) is 1.72. The van der Waals surface area contributed by atoms with Crippen LogP contribution in [0.25, 0.3) is 10.9 Å². The van der Waals surface area contributed by atoms with E-state index in [1.807, 2.05) is 24.3 Å². The van der Waals surface area contributed by atoms with Crippen molar-refractivity contribution in [3.63, 3.8) is 0 Å². The van der Waals surface area contributed by atoms with Gasteiger partial charge in [0, 0.05) is 23.6 Å². The van der Waals surface area contributed by atoms with E-state index in [-0.39, 0.29) is 0 Å². The van der Waals surface area contributed by atoms with Crippen LogP contribution in [0.15, 0.2) is 42.0 Å². The average Bonchev–Trinajstić information content (AvgIpc) is 2.52. The van der Waals surface area contributed by atoms with Gasteiger partial charge in [-0.05, 0) is 30.4 Å². The number of halogens is 1. The average molecular weight is 335 g/mol. The van der Waals surface area contributed by atoms with Crippen LogP contribution in [0.1, 0.15) is 5.56 Å². The number of nitrogens with zero attached hydrogens (tertiary/aromatic N) is 2. The highest BCUT2D eigenvalue weighted by molar-refractivity contribution is 7.80. The molecular formula is C15H15ClN4OS. The highest BCUT2D eigenvalue weighted by Crippen LogP contribution is 2.23. The first kappa shape index (κ1) is 16.2. The van der Waals surface area contributed by atoms with Crippen molar-refractivity contribution in [2.24, 2.45) is 5.10 Å². The number of fused-ring (bicyclic) bond motifs is 1. The van der Waals surface area contributed by atoms with Gasteiger partial charge in [0.05, 0.1) is 18.8 Å². The Labute approximate surface area is 139 Å². The minimum Gasteiger partial charge on any atom is -0.497 e. The Morgan fingerprint density at radius 3 is 3.05 bits per heavy atom. The highest BCUT2D eigenvalue weighted by Gasteiger charge is 2.04. The summed E-state index contributed by atoms with van der Waals surface area (Å²) in [5.74, 6) is 0.734. The Bertz CT molecular complexity index is 733. The maximum atomic E-state index is 6.16. The van der Waals surface area contributed by atoms with Crippen LogP contribution < -0.4 is 15.5 Å². The molecule has 5 nitrogen and oxygen atoms in total. The van der Waals surface area contributed by atoms with E-state index in [1.165, 1.54) is 0 Å². The number of thiocarbonyl (C=S) groups is 1. The van der Waals surface area contributed by atoms with Crippen molar-refractivity contribution in [2.45, 2.75) is 0 Å². The number of hydrogen-bond acceptors (Lipinski definition) is 4. The monoisotopic (exact) mass is 334 g/mol. The van der Waals surface area contributed by atoms with Gasteiger partial charge < -0.3 is 10.1 Å². The molecule has 0 amide bonds. The van der Waals surface area contributed by atoms with Gasteiger partial charge in [-0.3, -0.25) is 5.43 Å². The lowest BCUT2D eigenvalue weighted by Crippen LogP contribution is -2.31. The molecule has 0 radical (unpaired) electrons. The third-order valence-electron chi connectivity index (χ3n) is 2.78. The fourth-order valence-corrected chi connectivity index (χ4v) is 2.05. The van der Waals surface area contributed by atoms with Crippen molar-refractivity contribution in [1.82, 2.24) is 15.7 Å². The number of rotatable bonds is 5. The van der Waals surface area contributed by atoms with Gasteiger partial charge in [0.25, 0.3) is 0 Å². The summed E-state index contributed by atoms with van der Waals surface area (Å²) in [7, 11) is 1.61. The number of nitrogens with one attached hydrogen (secondary N) is 2. The highest BCUT2D eigenvalue weighted by atomic mass is 35.5. The molecule has 0 spiro atoms. The Hall–Kier alpha value is -2.18. The zero-order valence-corrected chi connectivity index (χ0v) is 13.5. The van der Waals surface area contributed by atoms with Gasteiger partial charge in [0.15, 0.2) is 5.11 Å². The summed E-state index contributed by atoms with van der Waals surface area (Å²) in [5.41, 5.74) is 4.15. The molecule has 0 fully saturated rings. The van der Waals surface area contributed by atoms with E-state index in [2.05, 4.69) is 27.4 Å². The standard InChI is InChI=1S/C15H15ClN4OS/c1-3-6-17-15(22)20-18-9-11-7-10-4-5-12(21-2)8-13(10)19-14(11)16/h3-5,7-9H,1,6H2,2H3,(H2,17,20,22)/b18-9-. The predicted molar refractivity (Wildman–Crippen MR) is 94.8 cm³/mol. The summed E-state index contributed by atoms with van der Waals surface area (Å²) < 4.78 is 5.17. The number of ether oxygens (including phenoxy) is 1. The largest absolute Gasteiger partial charge is 0.497 e. The zero-order valence-electron chi connectivity index (χ0n) is 12.0. The van der Waals surface area contributed by atoms with E-state index >= 15 is 0 Å². The number of pyridine rings is 1. The molecule has 2 N–H and O–H groups in total. The summed E-state index contributed by atoms with van der Waals surface area (Å²) in [6, 6.07) is 7.51. The predicted octanol–water partition coefficient (Wildman–Crippen LogP) is 2.88. The van der Waals surface area contributed by atoms with Crippen LogP contribution in [0.3, 0.4) is 0 Å². The molecule has 114 valence electrons.